The lowest BCUT2D eigenvalue weighted by Crippen LogP contribution is -2.09. The van der Waals surface area contributed by atoms with Crippen molar-refractivity contribution in [3.63, 3.8) is 0 Å². The number of carboxylic acids is 1. The van der Waals surface area contributed by atoms with Gasteiger partial charge in [0.05, 0.1) is 0 Å². The Balaban J connectivity index is 2.99. The minimum absolute atomic E-state index is 0.358. The molecule has 0 unspecified atom stereocenters. The van der Waals surface area contributed by atoms with Crippen LogP contribution in [-0.2, 0) is 4.79 Å². The van der Waals surface area contributed by atoms with E-state index in [4.69, 9.17) is 16.7 Å². The second kappa shape index (κ2) is 5.56. The molecule has 15 heavy (non-hydrogen) atoms. The van der Waals surface area contributed by atoms with E-state index >= 15 is 0 Å². The Labute approximate surface area is 94.2 Å². The summed E-state index contributed by atoms with van der Waals surface area (Å²) in [6.07, 6.45) is 1.69. The first-order chi connectivity index (χ1) is 7.15. The lowest BCUT2D eigenvalue weighted by molar-refractivity contribution is -0.137. The third kappa shape index (κ3) is 3.40. The maximum atomic E-state index is 11.1. The van der Waals surface area contributed by atoms with Crippen molar-refractivity contribution in [1.29, 1.82) is 0 Å². The van der Waals surface area contributed by atoms with E-state index in [1.54, 1.807) is 18.2 Å². The zero-order chi connectivity index (χ0) is 11.3. The second-order valence-electron chi connectivity index (χ2n) is 3.37. The summed E-state index contributed by atoms with van der Waals surface area (Å²) >= 11 is 5.63. The quantitative estimate of drug-likeness (QED) is 0.631. The summed E-state index contributed by atoms with van der Waals surface area (Å²) in [4.78, 5) is 11.1. The smallest absolute Gasteiger partial charge is 0.314 e. The zero-order valence-corrected chi connectivity index (χ0v) is 9.24. The first-order valence-electron chi connectivity index (χ1n) is 4.66. The Morgan fingerprint density at radius 2 is 2.07 bits per heavy atom. The number of carboxylic acid groups (broad SMARTS) is 1. The summed E-state index contributed by atoms with van der Waals surface area (Å²) in [5.41, 5.74) is 1.64. The maximum absolute atomic E-state index is 11.1. The fraction of sp³-hybridized carbons (Fsp3) is 0.250. The molecule has 1 aromatic carbocycles. The highest BCUT2D eigenvalue weighted by atomic mass is 35.5. The predicted octanol–water partition coefficient (Wildman–Crippen LogP) is 3.04. The number of allylic oxidation sites excluding steroid dienone is 1. The van der Waals surface area contributed by atoms with E-state index in [-0.39, 0.29) is 0 Å². The van der Waals surface area contributed by atoms with Gasteiger partial charge in [-0.2, -0.15) is 0 Å². The Bertz CT molecular complexity index is 357. The van der Waals surface area contributed by atoms with E-state index in [0.29, 0.717) is 5.88 Å². The summed E-state index contributed by atoms with van der Waals surface area (Å²) < 4.78 is 0. The van der Waals surface area contributed by atoms with Crippen molar-refractivity contribution in [2.45, 2.75) is 12.8 Å². The van der Waals surface area contributed by atoms with Crippen LogP contribution in [0, 0.1) is 0 Å². The predicted molar refractivity (Wildman–Crippen MR) is 61.3 cm³/mol. The lowest BCUT2D eigenvalue weighted by atomic mass is 9.97. The van der Waals surface area contributed by atoms with Crippen LogP contribution < -0.4 is 0 Å². The third-order valence-electron chi connectivity index (χ3n) is 2.09. The minimum Gasteiger partial charge on any atom is -0.481 e. The monoisotopic (exact) mass is 224 g/mol. The van der Waals surface area contributed by atoms with Crippen molar-refractivity contribution in [2.24, 2.45) is 0 Å². The lowest BCUT2D eigenvalue weighted by Gasteiger charge is -2.08. The van der Waals surface area contributed by atoms with Crippen molar-refractivity contribution >= 4 is 17.6 Å². The Hall–Kier alpha value is -1.28. The van der Waals surface area contributed by atoms with Crippen molar-refractivity contribution in [3.8, 4) is 0 Å². The molecule has 0 aliphatic heterocycles. The first kappa shape index (κ1) is 11.8. The van der Waals surface area contributed by atoms with Crippen molar-refractivity contribution < 1.29 is 9.90 Å². The molecule has 0 heterocycles. The SMILES string of the molecule is C/C(=C\[C@H](C(=O)O)c1ccccc1)CCl. The van der Waals surface area contributed by atoms with Crippen LogP contribution in [0.5, 0.6) is 0 Å². The number of aliphatic carboxylic acids is 1. The Morgan fingerprint density at radius 3 is 2.53 bits per heavy atom. The van der Waals surface area contributed by atoms with Gasteiger partial charge >= 0.3 is 5.97 Å². The molecule has 0 spiro atoms. The summed E-state index contributed by atoms with van der Waals surface area (Å²) in [5, 5.41) is 9.08. The summed E-state index contributed by atoms with van der Waals surface area (Å²) in [5.74, 6) is -1.10. The molecule has 0 saturated heterocycles. The summed E-state index contributed by atoms with van der Waals surface area (Å²) in [7, 11) is 0. The van der Waals surface area contributed by atoms with Gasteiger partial charge in [-0.05, 0) is 12.5 Å². The number of carbonyl (C=O) groups is 1. The van der Waals surface area contributed by atoms with Crippen LogP contribution in [0.25, 0.3) is 0 Å². The van der Waals surface area contributed by atoms with Crippen LogP contribution in [-0.4, -0.2) is 17.0 Å². The van der Waals surface area contributed by atoms with Gasteiger partial charge in [0, 0.05) is 5.88 Å². The van der Waals surface area contributed by atoms with E-state index in [1.165, 1.54) is 0 Å². The highest BCUT2D eigenvalue weighted by Gasteiger charge is 2.16. The van der Waals surface area contributed by atoms with Gasteiger partial charge in [0.15, 0.2) is 0 Å². The molecule has 0 fully saturated rings. The molecule has 0 amide bonds. The molecule has 0 aliphatic rings. The van der Waals surface area contributed by atoms with Crippen LogP contribution in [0.2, 0.25) is 0 Å². The molecular weight excluding hydrogens is 212 g/mol. The normalized spacial score (nSPS) is 13.6. The fourth-order valence-electron chi connectivity index (χ4n) is 1.30. The number of rotatable bonds is 4. The molecule has 1 aromatic rings. The molecule has 0 aliphatic carbocycles. The number of halogens is 1. The molecule has 0 bridgehead atoms. The number of benzene rings is 1. The highest BCUT2D eigenvalue weighted by Crippen LogP contribution is 2.19. The summed E-state index contributed by atoms with van der Waals surface area (Å²) in [6, 6.07) is 9.12. The van der Waals surface area contributed by atoms with Crippen LogP contribution in [0.4, 0.5) is 0 Å². The topological polar surface area (TPSA) is 37.3 Å². The minimum atomic E-state index is -0.856. The van der Waals surface area contributed by atoms with Crippen LogP contribution in [0.1, 0.15) is 18.4 Å². The molecule has 3 heteroatoms. The van der Waals surface area contributed by atoms with Gasteiger partial charge in [0.2, 0.25) is 0 Å². The number of hydrogen-bond donors (Lipinski definition) is 1. The molecule has 0 saturated carbocycles. The zero-order valence-electron chi connectivity index (χ0n) is 8.48. The molecule has 1 atom stereocenters. The molecule has 1 N–H and O–H groups in total. The molecule has 80 valence electrons. The van der Waals surface area contributed by atoms with Gasteiger partial charge in [-0.15, -0.1) is 11.6 Å². The third-order valence-corrected chi connectivity index (χ3v) is 2.51. The van der Waals surface area contributed by atoms with Gasteiger partial charge in [-0.3, -0.25) is 4.79 Å². The average Bonchev–Trinajstić information content (AvgIpc) is 2.26. The van der Waals surface area contributed by atoms with Gasteiger partial charge in [-0.1, -0.05) is 42.0 Å². The Morgan fingerprint density at radius 1 is 1.47 bits per heavy atom. The van der Waals surface area contributed by atoms with E-state index in [9.17, 15) is 4.79 Å². The van der Waals surface area contributed by atoms with E-state index in [2.05, 4.69) is 0 Å². The van der Waals surface area contributed by atoms with Gasteiger partial charge in [0.25, 0.3) is 0 Å². The van der Waals surface area contributed by atoms with Crippen molar-refractivity contribution in [3.05, 3.63) is 47.5 Å². The fourth-order valence-corrected chi connectivity index (χ4v) is 1.39. The first-order valence-corrected chi connectivity index (χ1v) is 5.19. The van der Waals surface area contributed by atoms with Crippen LogP contribution in [0.3, 0.4) is 0 Å². The summed E-state index contributed by atoms with van der Waals surface area (Å²) in [6.45, 7) is 1.83. The highest BCUT2D eigenvalue weighted by molar-refractivity contribution is 6.19. The van der Waals surface area contributed by atoms with E-state index in [1.807, 2.05) is 25.1 Å². The molecule has 0 radical (unpaired) electrons. The number of alkyl halides is 1. The molecular formula is C12H13ClO2. The van der Waals surface area contributed by atoms with Gasteiger partial charge < -0.3 is 5.11 Å². The standard InChI is InChI=1S/C12H13ClO2/c1-9(8-13)7-11(12(14)15)10-5-3-2-4-6-10/h2-7,11H,8H2,1H3,(H,14,15)/b9-7+/t11-/m0/s1. The van der Waals surface area contributed by atoms with Gasteiger partial charge in [0.1, 0.15) is 5.92 Å². The second-order valence-corrected chi connectivity index (χ2v) is 3.64. The Kier molecular flexibility index (Phi) is 4.37. The number of hydrogen-bond acceptors (Lipinski definition) is 1. The largest absolute Gasteiger partial charge is 0.481 e. The molecule has 2 nitrogen and oxygen atoms in total. The van der Waals surface area contributed by atoms with Gasteiger partial charge in [-0.25, -0.2) is 0 Å². The average molecular weight is 225 g/mol. The molecule has 1 rings (SSSR count). The van der Waals surface area contributed by atoms with Crippen molar-refractivity contribution in [1.82, 2.24) is 0 Å². The maximum Gasteiger partial charge on any atom is 0.314 e. The van der Waals surface area contributed by atoms with Crippen LogP contribution >= 0.6 is 11.6 Å². The van der Waals surface area contributed by atoms with Crippen molar-refractivity contribution in [2.75, 3.05) is 5.88 Å². The van der Waals surface area contributed by atoms with Crippen LogP contribution in [0.15, 0.2) is 42.0 Å². The molecule has 0 aromatic heterocycles. The van der Waals surface area contributed by atoms with E-state index < -0.39 is 11.9 Å². The van der Waals surface area contributed by atoms with E-state index in [0.717, 1.165) is 11.1 Å².